The van der Waals surface area contributed by atoms with Crippen molar-refractivity contribution in [2.45, 2.75) is 18.4 Å². The van der Waals surface area contributed by atoms with Crippen molar-refractivity contribution in [2.75, 3.05) is 25.1 Å². The number of aromatic nitrogens is 2. The van der Waals surface area contributed by atoms with E-state index in [0.29, 0.717) is 25.5 Å². The van der Waals surface area contributed by atoms with Crippen LogP contribution < -0.4 is 4.72 Å². The van der Waals surface area contributed by atoms with Crippen molar-refractivity contribution in [1.82, 2.24) is 14.7 Å². The lowest BCUT2D eigenvalue weighted by Crippen LogP contribution is -2.28. The normalized spacial score (nSPS) is 11.9. The maximum atomic E-state index is 11.7. The van der Waals surface area contributed by atoms with Gasteiger partial charge < -0.3 is 9.72 Å². The van der Waals surface area contributed by atoms with Gasteiger partial charge in [-0.2, -0.15) is 0 Å². The number of halogens is 1. The average Bonchev–Trinajstić information content (AvgIpc) is 2.78. The highest BCUT2D eigenvalue weighted by Gasteiger charge is 2.15. The summed E-state index contributed by atoms with van der Waals surface area (Å²) in [5.74, 6) is 0.654. The van der Waals surface area contributed by atoms with Crippen LogP contribution in [0.1, 0.15) is 12.7 Å². The number of imidazole rings is 1. The number of rotatable bonds is 8. The highest BCUT2D eigenvalue weighted by molar-refractivity contribution is 9.09. The lowest BCUT2D eigenvalue weighted by molar-refractivity contribution is 0.156. The largest absolute Gasteiger partial charge is 0.379 e. The van der Waals surface area contributed by atoms with Crippen molar-refractivity contribution in [1.29, 1.82) is 0 Å². The topological polar surface area (TPSA) is 84.1 Å². The minimum absolute atomic E-state index is 0.0924. The molecule has 0 atom stereocenters. The molecule has 1 rings (SSSR count). The molecule has 0 fully saturated rings. The van der Waals surface area contributed by atoms with E-state index in [2.05, 4.69) is 30.6 Å². The van der Waals surface area contributed by atoms with Crippen LogP contribution in [0.15, 0.2) is 11.2 Å². The zero-order valence-electron chi connectivity index (χ0n) is 9.57. The Morgan fingerprint density at radius 2 is 2.29 bits per heavy atom. The third-order valence-electron chi connectivity index (χ3n) is 1.99. The number of H-pyrrole nitrogens is 1. The van der Waals surface area contributed by atoms with Gasteiger partial charge in [-0.15, -0.1) is 0 Å². The van der Waals surface area contributed by atoms with Crippen LogP contribution in [0.2, 0.25) is 0 Å². The quantitative estimate of drug-likeness (QED) is 0.543. The van der Waals surface area contributed by atoms with Crippen molar-refractivity contribution < 1.29 is 13.2 Å². The van der Waals surface area contributed by atoms with Gasteiger partial charge in [0.05, 0.1) is 19.4 Å². The SMILES string of the molecule is CCc1ncc(S(=O)(=O)NCCOCCBr)[nH]1. The zero-order valence-corrected chi connectivity index (χ0v) is 12.0. The first kappa shape index (κ1) is 14.6. The van der Waals surface area contributed by atoms with Gasteiger partial charge in [0, 0.05) is 18.3 Å². The first-order valence-electron chi connectivity index (χ1n) is 5.27. The van der Waals surface area contributed by atoms with Crippen LogP contribution in [0, 0.1) is 0 Å². The Labute approximate surface area is 109 Å². The Kier molecular flexibility index (Phi) is 6.10. The molecule has 0 spiro atoms. The van der Waals surface area contributed by atoms with E-state index < -0.39 is 10.0 Å². The van der Waals surface area contributed by atoms with Crippen molar-refractivity contribution in [3.8, 4) is 0 Å². The molecule has 98 valence electrons. The van der Waals surface area contributed by atoms with Gasteiger partial charge in [-0.3, -0.25) is 0 Å². The Morgan fingerprint density at radius 1 is 1.53 bits per heavy atom. The van der Waals surface area contributed by atoms with E-state index in [1.165, 1.54) is 6.20 Å². The van der Waals surface area contributed by atoms with Gasteiger partial charge in [0.15, 0.2) is 5.03 Å². The summed E-state index contributed by atoms with van der Waals surface area (Å²) in [7, 11) is -3.50. The standard InChI is InChI=1S/C9H16BrN3O3S/c1-2-8-11-7-9(13-8)17(14,15)12-4-6-16-5-3-10/h7,12H,2-6H2,1H3,(H,11,13). The molecule has 17 heavy (non-hydrogen) atoms. The van der Waals surface area contributed by atoms with Crippen LogP contribution in [0.3, 0.4) is 0 Å². The molecule has 1 aromatic heterocycles. The maximum absolute atomic E-state index is 11.7. The van der Waals surface area contributed by atoms with E-state index in [0.717, 1.165) is 5.33 Å². The monoisotopic (exact) mass is 325 g/mol. The summed E-state index contributed by atoms with van der Waals surface area (Å²) in [6, 6.07) is 0. The fraction of sp³-hybridized carbons (Fsp3) is 0.667. The fourth-order valence-electron chi connectivity index (χ4n) is 1.14. The summed E-state index contributed by atoms with van der Waals surface area (Å²) in [4.78, 5) is 6.69. The van der Waals surface area contributed by atoms with Crippen molar-refractivity contribution in [3.63, 3.8) is 0 Å². The van der Waals surface area contributed by atoms with Crippen LogP contribution in [-0.2, 0) is 21.2 Å². The Balaban J connectivity index is 2.45. The van der Waals surface area contributed by atoms with Gasteiger partial charge in [-0.25, -0.2) is 18.1 Å². The first-order chi connectivity index (χ1) is 8.10. The van der Waals surface area contributed by atoms with Crippen LogP contribution in [0.4, 0.5) is 0 Å². The molecule has 0 aliphatic rings. The van der Waals surface area contributed by atoms with E-state index in [4.69, 9.17) is 4.74 Å². The van der Waals surface area contributed by atoms with Gasteiger partial charge in [-0.05, 0) is 0 Å². The number of nitrogens with zero attached hydrogens (tertiary/aromatic N) is 1. The van der Waals surface area contributed by atoms with Crippen molar-refractivity contribution in [2.24, 2.45) is 0 Å². The van der Waals surface area contributed by atoms with E-state index in [9.17, 15) is 8.42 Å². The minimum atomic E-state index is -3.50. The third-order valence-corrected chi connectivity index (χ3v) is 3.68. The Bertz CT molecular complexity index is 432. The third kappa shape index (κ3) is 4.74. The van der Waals surface area contributed by atoms with E-state index in [1.807, 2.05) is 6.92 Å². The summed E-state index contributed by atoms with van der Waals surface area (Å²) in [5.41, 5.74) is 0. The van der Waals surface area contributed by atoms with Gasteiger partial charge >= 0.3 is 0 Å². The molecule has 0 bridgehead atoms. The molecule has 1 heterocycles. The fourth-order valence-corrected chi connectivity index (χ4v) is 2.32. The van der Waals surface area contributed by atoms with E-state index >= 15 is 0 Å². The number of hydrogen-bond acceptors (Lipinski definition) is 4. The van der Waals surface area contributed by atoms with Crippen molar-refractivity contribution in [3.05, 3.63) is 12.0 Å². The Hall–Kier alpha value is -0.440. The lowest BCUT2D eigenvalue weighted by Gasteiger charge is -2.04. The van der Waals surface area contributed by atoms with Crippen LogP contribution in [-0.4, -0.2) is 43.5 Å². The zero-order chi connectivity index (χ0) is 12.7. The van der Waals surface area contributed by atoms with Crippen LogP contribution in [0.25, 0.3) is 0 Å². The van der Waals surface area contributed by atoms with Crippen LogP contribution in [0.5, 0.6) is 0 Å². The maximum Gasteiger partial charge on any atom is 0.257 e. The number of hydrogen-bond donors (Lipinski definition) is 2. The second kappa shape index (κ2) is 7.10. The number of nitrogens with one attached hydrogen (secondary N) is 2. The Morgan fingerprint density at radius 3 is 2.88 bits per heavy atom. The van der Waals surface area contributed by atoms with E-state index in [-0.39, 0.29) is 11.6 Å². The molecule has 8 heteroatoms. The minimum Gasteiger partial charge on any atom is -0.379 e. The molecule has 0 aromatic carbocycles. The first-order valence-corrected chi connectivity index (χ1v) is 7.88. The molecule has 1 aromatic rings. The number of sulfonamides is 1. The molecule has 6 nitrogen and oxygen atoms in total. The number of aromatic amines is 1. The van der Waals surface area contributed by atoms with Gasteiger partial charge in [0.1, 0.15) is 5.82 Å². The molecular weight excluding hydrogens is 310 g/mol. The summed E-state index contributed by atoms with van der Waals surface area (Å²) >= 11 is 3.21. The predicted octanol–water partition coefficient (Wildman–Crippen LogP) is 0.662. The summed E-state index contributed by atoms with van der Waals surface area (Å²) in [6.45, 7) is 3.05. The van der Waals surface area contributed by atoms with E-state index in [1.54, 1.807) is 0 Å². The molecule has 0 amide bonds. The predicted molar refractivity (Wildman–Crippen MR) is 67.8 cm³/mol. The van der Waals surface area contributed by atoms with Gasteiger partial charge in [0.2, 0.25) is 0 Å². The lowest BCUT2D eigenvalue weighted by atomic mass is 10.5. The molecule has 0 saturated carbocycles. The molecule has 0 aliphatic heterocycles. The average molecular weight is 326 g/mol. The molecule has 0 unspecified atom stereocenters. The number of aryl methyl sites for hydroxylation is 1. The highest BCUT2D eigenvalue weighted by atomic mass is 79.9. The van der Waals surface area contributed by atoms with Gasteiger partial charge in [-0.1, -0.05) is 22.9 Å². The molecular formula is C9H16BrN3O3S. The molecule has 0 radical (unpaired) electrons. The summed E-state index contributed by atoms with van der Waals surface area (Å²) in [5, 5.41) is 0.829. The smallest absolute Gasteiger partial charge is 0.257 e. The van der Waals surface area contributed by atoms with Crippen molar-refractivity contribution >= 4 is 26.0 Å². The number of alkyl halides is 1. The molecule has 0 aliphatic carbocycles. The highest BCUT2D eigenvalue weighted by Crippen LogP contribution is 2.05. The molecule has 2 N–H and O–H groups in total. The second-order valence-corrected chi connectivity index (χ2v) is 5.78. The van der Waals surface area contributed by atoms with Crippen LogP contribution >= 0.6 is 15.9 Å². The van der Waals surface area contributed by atoms with Gasteiger partial charge in [0.25, 0.3) is 10.0 Å². The summed E-state index contributed by atoms with van der Waals surface area (Å²) < 4.78 is 31.1. The molecule has 0 saturated heterocycles. The summed E-state index contributed by atoms with van der Waals surface area (Å²) in [6.07, 6.45) is 1.99. The number of ether oxygens (including phenoxy) is 1. The second-order valence-electron chi connectivity index (χ2n) is 3.25.